The van der Waals surface area contributed by atoms with Crippen LogP contribution in [0.1, 0.15) is 194 Å². The molecule has 0 bridgehead atoms. The summed E-state index contributed by atoms with van der Waals surface area (Å²) in [5.41, 5.74) is 0. The minimum atomic E-state index is -1.80. The zero-order valence-electron chi connectivity index (χ0n) is 52.5. The number of amides is 1. The molecule has 0 aliphatic carbocycles. The molecule has 1 amide bonds. The number of aliphatic hydroxyl groups is 8. The van der Waals surface area contributed by atoms with Crippen LogP contribution >= 0.6 is 0 Å². The summed E-state index contributed by atoms with van der Waals surface area (Å²) in [7, 11) is 0. The second-order valence-electron chi connectivity index (χ2n) is 22.1. The Balaban J connectivity index is 1.66. The Kier molecular flexibility index (Phi) is 49.5. The molecule has 2 aliphatic heterocycles. The van der Waals surface area contributed by atoms with Crippen molar-refractivity contribution in [1.29, 1.82) is 0 Å². The van der Waals surface area contributed by atoms with Gasteiger partial charge in [0.15, 0.2) is 12.6 Å². The van der Waals surface area contributed by atoms with E-state index in [-0.39, 0.29) is 18.9 Å². The van der Waals surface area contributed by atoms with Gasteiger partial charge in [-0.2, -0.15) is 0 Å². The zero-order chi connectivity index (χ0) is 62.3. The summed E-state index contributed by atoms with van der Waals surface area (Å²) < 4.78 is 22.7. The highest BCUT2D eigenvalue weighted by molar-refractivity contribution is 5.76. The highest BCUT2D eigenvalue weighted by atomic mass is 16.7. The lowest BCUT2D eigenvalue weighted by atomic mass is 9.97. The van der Waals surface area contributed by atoms with Gasteiger partial charge in [0.2, 0.25) is 5.91 Å². The summed E-state index contributed by atoms with van der Waals surface area (Å²) in [5, 5.41) is 87.0. The lowest BCUT2D eigenvalue weighted by Gasteiger charge is -2.46. The molecule has 0 saturated carbocycles. The quantitative estimate of drug-likeness (QED) is 0.0204. The number of hydrogen-bond acceptors (Lipinski definition) is 13. The number of aliphatic hydroxyl groups excluding tert-OH is 8. The van der Waals surface area contributed by atoms with Crippen molar-refractivity contribution >= 4 is 5.91 Å². The zero-order valence-corrected chi connectivity index (χ0v) is 52.5. The summed E-state index contributed by atoms with van der Waals surface area (Å²) in [6.45, 7) is 2.61. The first kappa shape index (κ1) is 77.7. The molecule has 2 rings (SSSR count). The molecule has 14 nitrogen and oxygen atoms in total. The Hall–Kier alpha value is -4.39. The average molecular weight is 1200 g/mol. The molecule has 0 spiro atoms. The maximum absolute atomic E-state index is 13.3. The van der Waals surface area contributed by atoms with Crippen molar-refractivity contribution in [3.8, 4) is 0 Å². The molecule has 12 unspecified atom stereocenters. The summed E-state index contributed by atoms with van der Waals surface area (Å²) in [5.74, 6) is -0.276. The SMILES string of the molecule is CC/C=C\C/C=C\C/C=C\C/C=C\C/C=C\C/C=C\C/C=C\C/C=C\C/C=C\C/C=C\C/C=C\CCCCCCCC(=O)NC(COC1OC(CO)C(OC2OC(CO)C(O)C(O)C2O)C(O)C1O)C(O)/C=C/CC/C=C/CCCCCCCCC. The number of nitrogens with one attached hydrogen (secondary N) is 1. The highest BCUT2D eigenvalue weighted by Crippen LogP contribution is 2.30. The van der Waals surface area contributed by atoms with Gasteiger partial charge in [-0.05, 0) is 116 Å². The Morgan fingerprint density at radius 3 is 1.28 bits per heavy atom. The molecule has 86 heavy (non-hydrogen) atoms. The molecule has 486 valence electrons. The molecule has 12 atom stereocenters. The van der Waals surface area contributed by atoms with Crippen LogP contribution in [0.3, 0.4) is 0 Å². The van der Waals surface area contributed by atoms with E-state index in [0.717, 1.165) is 116 Å². The van der Waals surface area contributed by atoms with E-state index in [1.165, 1.54) is 44.9 Å². The van der Waals surface area contributed by atoms with Gasteiger partial charge in [0.25, 0.3) is 0 Å². The lowest BCUT2D eigenvalue weighted by Crippen LogP contribution is -2.65. The van der Waals surface area contributed by atoms with E-state index in [2.05, 4.69) is 165 Å². The number of carbonyl (C=O) groups excluding carboxylic acids is 1. The summed E-state index contributed by atoms with van der Waals surface area (Å²) >= 11 is 0. The molecule has 2 aliphatic rings. The van der Waals surface area contributed by atoms with E-state index >= 15 is 0 Å². The summed E-state index contributed by atoms with van der Waals surface area (Å²) in [6.07, 6.45) is 67.3. The van der Waals surface area contributed by atoms with E-state index in [0.29, 0.717) is 12.8 Å². The summed E-state index contributed by atoms with van der Waals surface area (Å²) in [4.78, 5) is 13.3. The Bertz CT molecular complexity index is 2050. The number of hydrogen-bond donors (Lipinski definition) is 9. The molecular formula is C72H115NO13. The van der Waals surface area contributed by atoms with Gasteiger partial charge in [0, 0.05) is 6.42 Å². The van der Waals surface area contributed by atoms with Gasteiger partial charge in [-0.3, -0.25) is 4.79 Å². The Labute approximate surface area is 518 Å². The molecule has 0 aromatic carbocycles. The molecule has 9 N–H and O–H groups in total. The first-order valence-electron chi connectivity index (χ1n) is 32.7. The fraction of sp³-hybridized carbons (Fsp3) is 0.625. The molecule has 2 heterocycles. The second kappa shape index (κ2) is 54.7. The van der Waals surface area contributed by atoms with Gasteiger partial charge in [-0.1, -0.05) is 230 Å². The van der Waals surface area contributed by atoms with E-state index in [1.807, 2.05) is 6.08 Å². The summed E-state index contributed by atoms with van der Waals surface area (Å²) in [6, 6.07) is -0.953. The molecule has 0 radical (unpaired) electrons. The smallest absolute Gasteiger partial charge is 0.220 e. The van der Waals surface area contributed by atoms with Crippen molar-refractivity contribution in [3.05, 3.63) is 158 Å². The van der Waals surface area contributed by atoms with Crippen LogP contribution in [0.5, 0.6) is 0 Å². The van der Waals surface area contributed by atoms with Crippen molar-refractivity contribution in [2.24, 2.45) is 0 Å². The topological polar surface area (TPSA) is 228 Å². The number of unbranched alkanes of at least 4 members (excludes halogenated alkanes) is 13. The van der Waals surface area contributed by atoms with Gasteiger partial charge in [0.05, 0.1) is 32.0 Å². The number of rotatable bonds is 50. The minimum Gasteiger partial charge on any atom is -0.394 e. The van der Waals surface area contributed by atoms with E-state index in [9.17, 15) is 45.6 Å². The maximum atomic E-state index is 13.3. The third kappa shape index (κ3) is 38.8. The Morgan fingerprint density at radius 1 is 0.430 bits per heavy atom. The van der Waals surface area contributed by atoms with Crippen LogP contribution < -0.4 is 5.32 Å². The van der Waals surface area contributed by atoms with Crippen LogP contribution in [-0.2, 0) is 23.7 Å². The molecule has 0 aromatic heterocycles. The standard InChI is InChI=1S/C72H115NO13/c1-3-5-7-9-11-13-15-17-18-19-20-21-22-23-24-25-26-27-28-29-30-31-32-33-34-35-36-37-38-39-40-41-42-44-46-48-50-52-54-56-64(77)73-60(61(76)55-53-51-49-47-45-43-16-14-12-10-8-6-4-2)59-83-71-69(82)67(80)70(63(58-75)85-71)86-72-68(81)66(79)65(78)62(57-74)84-72/h5,7,11,13,17-18,20-21,23-24,26-27,29-30,32-33,35-36,38-39,41-42,45,47,53,55,60-63,65-72,74-76,78-82H,3-4,6,8-10,12,14-16,19,22,25,28,31,34,37,40,43-44,46,48-52,54,56-59H2,1-2H3,(H,73,77)/b7-5-,13-11-,18-17-,21-20-,24-23-,27-26-,30-29-,33-32-,36-35-,39-38-,42-41-,47-45+,55-53+. The number of allylic oxidation sites excluding steroid dienone is 25. The average Bonchev–Trinajstić information content (AvgIpc) is 2.76. The van der Waals surface area contributed by atoms with Crippen molar-refractivity contribution in [3.63, 3.8) is 0 Å². The van der Waals surface area contributed by atoms with Gasteiger partial charge in [-0.15, -0.1) is 0 Å². The normalized spacial score (nSPS) is 24.5. The van der Waals surface area contributed by atoms with E-state index < -0.39 is 86.8 Å². The van der Waals surface area contributed by atoms with Crippen molar-refractivity contribution in [2.45, 2.75) is 267 Å². The number of carbonyl (C=O) groups is 1. The van der Waals surface area contributed by atoms with E-state index in [1.54, 1.807) is 6.08 Å². The third-order valence-electron chi connectivity index (χ3n) is 14.7. The molecule has 2 fully saturated rings. The minimum absolute atomic E-state index is 0.240. The van der Waals surface area contributed by atoms with Crippen LogP contribution in [0, 0.1) is 0 Å². The largest absolute Gasteiger partial charge is 0.394 e. The molecule has 14 heteroatoms. The predicted octanol–water partition coefficient (Wildman–Crippen LogP) is 12.7. The van der Waals surface area contributed by atoms with Crippen molar-refractivity contribution in [2.75, 3.05) is 19.8 Å². The second-order valence-corrected chi connectivity index (χ2v) is 22.1. The fourth-order valence-electron chi connectivity index (χ4n) is 9.49. The Morgan fingerprint density at radius 2 is 0.814 bits per heavy atom. The predicted molar refractivity (Wildman–Crippen MR) is 350 cm³/mol. The highest BCUT2D eigenvalue weighted by Gasteiger charge is 2.51. The van der Waals surface area contributed by atoms with Crippen LogP contribution in [0.4, 0.5) is 0 Å². The van der Waals surface area contributed by atoms with Crippen LogP contribution in [0.15, 0.2) is 158 Å². The van der Waals surface area contributed by atoms with E-state index in [4.69, 9.17) is 18.9 Å². The van der Waals surface area contributed by atoms with Gasteiger partial charge >= 0.3 is 0 Å². The maximum Gasteiger partial charge on any atom is 0.220 e. The van der Waals surface area contributed by atoms with Gasteiger partial charge < -0.3 is 65.1 Å². The lowest BCUT2D eigenvalue weighted by molar-refractivity contribution is -0.359. The van der Waals surface area contributed by atoms with Crippen LogP contribution in [0.2, 0.25) is 0 Å². The first-order valence-corrected chi connectivity index (χ1v) is 32.7. The fourth-order valence-corrected chi connectivity index (χ4v) is 9.49. The molecule has 0 aromatic rings. The molecular weight excluding hydrogens is 1090 g/mol. The van der Waals surface area contributed by atoms with Crippen LogP contribution in [-0.4, -0.2) is 140 Å². The third-order valence-corrected chi connectivity index (χ3v) is 14.7. The van der Waals surface area contributed by atoms with Gasteiger partial charge in [-0.25, -0.2) is 0 Å². The monoisotopic (exact) mass is 1200 g/mol. The van der Waals surface area contributed by atoms with Crippen molar-refractivity contribution in [1.82, 2.24) is 5.32 Å². The van der Waals surface area contributed by atoms with Crippen molar-refractivity contribution < 1.29 is 64.6 Å². The first-order chi connectivity index (χ1) is 42.1. The van der Waals surface area contributed by atoms with Gasteiger partial charge in [0.1, 0.15) is 48.8 Å². The molecule has 2 saturated heterocycles. The van der Waals surface area contributed by atoms with Crippen LogP contribution in [0.25, 0.3) is 0 Å². The number of ether oxygens (including phenoxy) is 4.